The van der Waals surface area contributed by atoms with Gasteiger partial charge in [-0.05, 0) is 48.9 Å². The molecule has 1 aliphatic heterocycles. The molecular formula is C25H29N3O3S. The Bertz CT molecular complexity index is 1320. The molecule has 0 amide bonds. The maximum atomic E-state index is 13.9. The summed E-state index contributed by atoms with van der Waals surface area (Å²) in [5, 5.41) is 11.2. The van der Waals surface area contributed by atoms with Crippen LogP contribution in [0.4, 0.5) is 11.4 Å². The molecule has 32 heavy (non-hydrogen) atoms. The van der Waals surface area contributed by atoms with Crippen LogP contribution in [0.5, 0.6) is 0 Å². The summed E-state index contributed by atoms with van der Waals surface area (Å²) < 4.78 is 17.7. The molecule has 4 rings (SSSR count). The predicted octanol–water partition coefficient (Wildman–Crippen LogP) is 5.41. The third-order valence-electron chi connectivity index (χ3n) is 6.22. The molecule has 0 saturated heterocycles. The van der Waals surface area contributed by atoms with Crippen LogP contribution in [-0.4, -0.2) is 27.2 Å². The van der Waals surface area contributed by atoms with Crippen molar-refractivity contribution in [3.8, 4) is 0 Å². The molecule has 0 radical (unpaired) electrons. The molecule has 1 aliphatic carbocycles. The highest BCUT2D eigenvalue weighted by Crippen LogP contribution is 2.45. The maximum absolute atomic E-state index is 13.9. The number of aliphatic hydroxyl groups excluding tert-OH is 1. The topological polar surface area (TPSA) is 105 Å². The summed E-state index contributed by atoms with van der Waals surface area (Å²) >= 11 is 0. The van der Waals surface area contributed by atoms with Gasteiger partial charge in [0.25, 0.3) is 0 Å². The summed E-state index contributed by atoms with van der Waals surface area (Å²) in [6.45, 7) is 8.32. The molecule has 2 aliphatic rings. The first-order valence-electron chi connectivity index (χ1n) is 10.6. The number of rotatable bonds is 3. The minimum atomic E-state index is -2.89. The molecule has 0 spiro atoms. The van der Waals surface area contributed by atoms with Crippen LogP contribution in [0.2, 0.25) is 0 Å². The largest absolute Gasteiger partial charge is 0.506 e. The van der Waals surface area contributed by atoms with Gasteiger partial charge in [-0.25, -0.2) is 9.20 Å². The first-order valence-corrected chi connectivity index (χ1v) is 12.5. The van der Waals surface area contributed by atoms with Crippen molar-refractivity contribution < 1.29 is 14.1 Å². The fraction of sp³-hybridized carbons (Fsp3) is 0.360. The van der Waals surface area contributed by atoms with Gasteiger partial charge in [-0.1, -0.05) is 45.0 Å². The molecule has 2 unspecified atom stereocenters. The number of Topliss-reactive ketones (excluding diaryl/α,β-unsaturated/α-hetero) is 1. The van der Waals surface area contributed by atoms with E-state index in [-0.39, 0.29) is 28.4 Å². The molecule has 168 valence electrons. The maximum Gasteiger partial charge on any atom is 0.180 e. The predicted molar refractivity (Wildman–Crippen MR) is 130 cm³/mol. The molecule has 2 aromatic carbocycles. The normalized spacial score (nSPS) is 25.0. The first-order chi connectivity index (χ1) is 14.8. The van der Waals surface area contributed by atoms with Crippen LogP contribution < -0.4 is 5.73 Å². The lowest BCUT2D eigenvalue weighted by Gasteiger charge is -2.37. The average Bonchev–Trinajstić information content (AvgIpc) is 2.71. The van der Waals surface area contributed by atoms with Gasteiger partial charge in [-0.15, -0.1) is 0 Å². The van der Waals surface area contributed by atoms with E-state index < -0.39 is 15.1 Å². The van der Waals surface area contributed by atoms with Gasteiger partial charge in [-0.2, -0.15) is 4.36 Å². The van der Waals surface area contributed by atoms with E-state index in [1.165, 1.54) is 6.26 Å². The van der Waals surface area contributed by atoms with E-state index in [1.807, 2.05) is 25.1 Å². The van der Waals surface area contributed by atoms with Crippen molar-refractivity contribution in [3.63, 3.8) is 0 Å². The SMILES string of the molecule is CC(C)(C)CCC1(C)C(=O)C(C2=Nc3ccc(N)cc3S(C)(=O)=N2)=C(O)c2ccccc21. The highest BCUT2D eigenvalue weighted by atomic mass is 32.2. The van der Waals surface area contributed by atoms with Gasteiger partial charge >= 0.3 is 0 Å². The van der Waals surface area contributed by atoms with Crippen molar-refractivity contribution in [1.82, 2.24) is 0 Å². The van der Waals surface area contributed by atoms with Crippen LogP contribution >= 0.6 is 0 Å². The molecule has 2 atom stereocenters. The van der Waals surface area contributed by atoms with E-state index in [1.54, 1.807) is 24.3 Å². The molecule has 2 aromatic rings. The fourth-order valence-corrected chi connectivity index (χ4v) is 5.69. The number of nitrogens with zero attached hydrogens (tertiary/aromatic N) is 2. The number of benzene rings is 2. The molecule has 0 fully saturated rings. The first kappa shape index (κ1) is 22.3. The van der Waals surface area contributed by atoms with E-state index in [4.69, 9.17) is 5.73 Å². The quantitative estimate of drug-likeness (QED) is 0.609. The fourth-order valence-electron chi connectivity index (χ4n) is 4.27. The lowest BCUT2D eigenvalue weighted by molar-refractivity contribution is -0.120. The van der Waals surface area contributed by atoms with Gasteiger partial charge in [0.1, 0.15) is 11.3 Å². The molecule has 0 saturated carbocycles. The van der Waals surface area contributed by atoms with Crippen molar-refractivity contribution in [3.05, 3.63) is 59.2 Å². The minimum absolute atomic E-state index is 0.00811. The van der Waals surface area contributed by atoms with Crippen molar-refractivity contribution in [2.24, 2.45) is 14.8 Å². The van der Waals surface area contributed by atoms with Crippen LogP contribution in [0.15, 0.2) is 62.3 Å². The number of hydrogen-bond acceptors (Lipinski definition) is 6. The molecule has 6 nitrogen and oxygen atoms in total. The number of carbonyl (C=O) groups excluding carboxylic acids is 1. The number of nitrogens with two attached hydrogens (primary N) is 1. The van der Waals surface area contributed by atoms with Crippen molar-refractivity contribution >= 4 is 38.5 Å². The molecule has 0 bridgehead atoms. The number of ketones is 1. The number of aliphatic hydroxyl groups is 1. The van der Waals surface area contributed by atoms with Gasteiger partial charge in [0.15, 0.2) is 11.6 Å². The second kappa shape index (κ2) is 7.30. The number of hydrogen-bond donors (Lipinski definition) is 2. The van der Waals surface area contributed by atoms with Crippen LogP contribution in [0.1, 0.15) is 51.7 Å². The second-order valence-electron chi connectivity index (χ2n) is 10.0. The van der Waals surface area contributed by atoms with Crippen LogP contribution in [0.3, 0.4) is 0 Å². The highest BCUT2D eigenvalue weighted by Gasteiger charge is 2.46. The minimum Gasteiger partial charge on any atom is -0.506 e. The molecule has 7 heteroatoms. The Morgan fingerprint density at radius 1 is 1.16 bits per heavy atom. The standard InChI is InChI=1S/C25H29N3O3S/c1-24(2,3)12-13-25(4)17-9-7-6-8-16(17)21(29)20(22(25)30)23-27-18-11-10-15(26)14-19(18)32(5,31)28-23/h6-11,14,29H,12-13,26H2,1-5H3. The van der Waals surface area contributed by atoms with E-state index in [9.17, 15) is 14.1 Å². The lowest BCUT2D eigenvalue weighted by Crippen LogP contribution is -2.41. The van der Waals surface area contributed by atoms with Crippen LogP contribution in [-0.2, 0) is 19.9 Å². The number of carbonyl (C=O) groups is 1. The van der Waals surface area contributed by atoms with E-state index in [2.05, 4.69) is 30.1 Å². The third-order valence-corrected chi connectivity index (χ3v) is 7.88. The summed E-state index contributed by atoms with van der Waals surface area (Å²) in [6.07, 6.45) is 2.91. The lowest BCUT2D eigenvalue weighted by atomic mass is 9.65. The summed E-state index contributed by atoms with van der Waals surface area (Å²) in [6, 6.07) is 12.3. The van der Waals surface area contributed by atoms with Gasteiger partial charge in [0.2, 0.25) is 0 Å². The Morgan fingerprint density at radius 3 is 2.53 bits per heavy atom. The Hall–Kier alpha value is -2.93. The molecule has 0 aromatic heterocycles. The van der Waals surface area contributed by atoms with Crippen LogP contribution in [0, 0.1) is 5.41 Å². The van der Waals surface area contributed by atoms with Gasteiger partial charge in [0.05, 0.1) is 25.7 Å². The van der Waals surface area contributed by atoms with E-state index >= 15 is 0 Å². The summed E-state index contributed by atoms with van der Waals surface area (Å²) in [7, 11) is -2.89. The van der Waals surface area contributed by atoms with E-state index in [0.29, 0.717) is 28.3 Å². The van der Waals surface area contributed by atoms with Gasteiger partial charge in [-0.3, -0.25) is 4.79 Å². The zero-order valence-electron chi connectivity index (χ0n) is 19.1. The monoisotopic (exact) mass is 451 g/mol. The third kappa shape index (κ3) is 3.64. The summed E-state index contributed by atoms with van der Waals surface area (Å²) in [5.74, 6) is -0.418. The molecular weight excluding hydrogens is 422 g/mol. The molecule has 1 heterocycles. The second-order valence-corrected chi connectivity index (χ2v) is 12.3. The van der Waals surface area contributed by atoms with E-state index in [0.717, 1.165) is 12.0 Å². The average molecular weight is 452 g/mol. The number of fused-ring (bicyclic) bond motifs is 2. The highest BCUT2D eigenvalue weighted by molar-refractivity contribution is 7.93. The number of amidine groups is 1. The van der Waals surface area contributed by atoms with Crippen molar-refractivity contribution in [2.75, 3.05) is 12.0 Å². The van der Waals surface area contributed by atoms with Crippen LogP contribution in [0.25, 0.3) is 5.76 Å². The smallest absolute Gasteiger partial charge is 0.180 e. The number of aliphatic imine (C=N–C) groups is 1. The van der Waals surface area contributed by atoms with Crippen molar-refractivity contribution in [2.45, 2.75) is 50.8 Å². The zero-order chi connectivity index (χ0) is 23.5. The number of anilines is 1. The Balaban J connectivity index is 1.94. The van der Waals surface area contributed by atoms with Gasteiger partial charge < -0.3 is 10.8 Å². The molecule has 3 N–H and O–H groups in total. The number of nitrogen functional groups attached to an aromatic ring is 1. The Labute approximate surface area is 189 Å². The summed E-state index contributed by atoms with van der Waals surface area (Å²) in [4.78, 5) is 18.9. The summed E-state index contributed by atoms with van der Waals surface area (Å²) in [5.41, 5.74) is 7.34. The Kier molecular flexibility index (Phi) is 5.08. The Morgan fingerprint density at radius 2 is 1.84 bits per heavy atom. The zero-order valence-corrected chi connectivity index (χ0v) is 19.9. The van der Waals surface area contributed by atoms with Crippen molar-refractivity contribution in [1.29, 1.82) is 0 Å². The van der Waals surface area contributed by atoms with Gasteiger partial charge in [0, 0.05) is 17.5 Å².